The van der Waals surface area contributed by atoms with Crippen molar-refractivity contribution in [2.24, 2.45) is 5.92 Å². The molecular formula is C25H36N6O2. The number of aryl methyl sites for hydroxylation is 1. The lowest BCUT2D eigenvalue weighted by Gasteiger charge is -2.38. The number of hydrogen-bond donors (Lipinski definition) is 2. The van der Waals surface area contributed by atoms with Crippen molar-refractivity contribution in [3.8, 4) is 0 Å². The lowest BCUT2D eigenvalue weighted by molar-refractivity contribution is -0.134. The number of amides is 3. The van der Waals surface area contributed by atoms with Gasteiger partial charge in [0.1, 0.15) is 17.7 Å². The summed E-state index contributed by atoms with van der Waals surface area (Å²) in [5.74, 6) is 1.96. The van der Waals surface area contributed by atoms with Gasteiger partial charge in [-0.3, -0.25) is 4.79 Å². The molecule has 2 aromatic rings. The Morgan fingerprint density at radius 1 is 1.00 bits per heavy atom. The minimum Gasteiger partial charge on any atom is -0.353 e. The topological polar surface area (TPSA) is 90.5 Å². The van der Waals surface area contributed by atoms with E-state index in [2.05, 4.69) is 34.4 Å². The summed E-state index contributed by atoms with van der Waals surface area (Å²) < 4.78 is 0. The first kappa shape index (κ1) is 24.5. The highest BCUT2D eigenvalue weighted by molar-refractivity contribution is 5.87. The predicted molar refractivity (Wildman–Crippen MR) is 130 cm³/mol. The molecule has 178 valence electrons. The van der Waals surface area contributed by atoms with Gasteiger partial charge in [0.25, 0.3) is 0 Å². The fourth-order valence-corrected chi connectivity index (χ4v) is 3.83. The number of anilines is 1. The van der Waals surface area contributed by atoms with Crippen LogP contribution in [-0.2, 0) is 11.3 Å². The van der Waals surface area contributed by atoms with Crippen LogP contribution >= 0.6 is 0 Å². The molecule has 1 atom stereocenters. The van der Waals surface area contributed by atoms with Crippen LogP contribution in [0.2, 0.25) is 0 Å². The van der Waals surface area contributed by atoms with Crippen molar-refractivity contribution in [1.29, 1.82) is 0 Å². The van der Waals surface area contributed by atoms with E-state index in [0.29, 0.717) is 32.7 Å². The maximum Gasteiger partial charge on any atom is 0.315 e. The number of rotatable bonds is 7. The van der Waals surface area contributed by atoms with Crippen LogP contribution in [0.25, 0.3) is 0 Å². The maximum absolute atomic E-state index is 13.2. The second-order valence-corrected chi connectivity index (χ2v) is 9.23. The van der Waals surface area contributed by atoms with Gasteiger partial charge in [-0.1, -0.05) is 58.0 Å². The quantitative estimate of drug-likeness (QED) is 0.674. The van der Waals surface area contributed by atoms with Gasteiger partial charge >= 0.3 is 6.03 Å². The summed E-state index contributed by atoms with van der Waals surface area (Å²) in [6.07, 6.45) is 0. The first-order valence-electron chi connectivity index (χ1n) is 11.7. The average Bonchev–Trinajstić information content (AvgIpc) is 2.81. The van der Waals surface area contributed by atoms with E-state index in [1.165, 1.54) is 0 Å². The van der Waals surface area contributed by atoms with Crippen molar-refractivity contribution in [3.63, 3.8) is 0 Å². The Kier molecular flexibility index (Phi) is 8.25. The molecule has 1 aromatic heterocycles. The smallest absolute Gasteiger partial charge is 0.315 e. The molecule has 0 spiro atoms. The zero-order valence-corrected chi connectivity index (χ0v) is 20.3. The molecule has 1 unspecified atom stereocenters. The van der Waals surface area contributed by atoms with Crippen LogP contribution in [-0.4, -0.2) is 59.0 Å². The fourth-order valence-electron chi connectivity index (χ4n) is 3.83. The van der Waals surface area contributed by atoms with E-state index < -0.39 is 6.04 Å². The molecule has 1 fully saturated rings. The van der Waals surface area contributed by atoms with Crippen LogP contribution in [0.4, 0.5) is 10.6 Å². The second-order valence-electron chi connectivity index (χ2n) is 9.23. The summed E-state index contributed by atoms with van der Waals surface area (Å²) >= 11 is 0. The maximum atomic E-state index is 13.2. The molecular weight excluding hydrogens is 416 g/mol. The van der Waals surface area contributed by atoms with Gasteiger partial charge in [-0.25, -0.2) is 14.8 Å². The summed E-state index contributed by atoms with van der Waals surface area (Å²) in [4.78, 5) is 39.0. The number of nitrogens with one attached hydrogen (secondary N) is 2. The number of carbonyl (C=O) groups excluding carboxylic acids is 2. The number of hydrogen-bond acceptors (Lipinski definition) is 5. The van der Waals surface area contributed by atoms with Crippen molar-refractivity contribution >= 4 is 17.8 Å². The Morgan fingerprint density at radius 3 is 2.27 bits per heavy atom. The van der Waals surface area contributed by atoms with Gasteiger partial charge in [0.2, 0.25) is 5.91 Å². The number of carbonyl (C=O) groups is 2. The summed E-state index contributed by atoms with van der Waals surface area (Å²) in [6.45, 7) is 13.1. The van der Waals surface area contributed by atoms with Crippen molar-refractivity contribution < 1.29 is 9.59 Å². The Balaban J connectivity index is 1.56. The minimum absolute atomic E-state index is 0.0175. The number of urea groups is 1. The van der Waals surface area contributed by atoms with E-state index in [1.54, 1.807) is 0 Å². The van der Waals surface area contributed by atoms with Crippen molar-refractivity contribution in [2.45, 2.75) is 53.1 Å². The summed E-state index contributed by atoms with van der Waals surface area (Å²) in [5, 5.41) is 5.73. The van der Waals surface area contributed by atoms with Crippen LogP contribution < -0.4 is 15.5 Å². The molecule has 1 saturated heterocycles. The van der Waals surface area contributed by atoms with E-state index in [1.807, 2.05) is 62.1 Å². The minimum atomic E-state index is -0.568. The van der Waals surface area contributed by atoms with Crippen LogP contribution in [0.5, 0.6) is 0 Å². The molecule has 1 aromatic carbocycles. The molecule has 3 rings (SSSR count). The monoisotopic (exact) mass is 452 g/mol. The first-order valence-corrected chi connectivity index (χ1v) is 11.7. The molecule has 1 aliphatic heterocycles. The van der Waals surface area contributed by atoms with Gasteiger partial charge in [0, 0.05) is 50.4 Å². The van der Waals surface area contributed by atoms with E-state index >= 15 is 0 Å². The predicted octanol–water partition coefficient (Wildman–Crippen LogP) is 3.08. The van der Waals surface area contributed by atoms with Crippen molar-refractivity contribution in [3.05, 3.63) is 53.5 Å². The van der Waals surface area contributed by atoms with Gasteiger partial charge < -0.3 is 20.4 Å². The lowest BCUT2D eigenvalue weighted by atomic mass is 10.0. The fraction of sp³-hybridized carbons (Fsp3) is 0.520. The van der Waals surface area contributed by atoms with Crippen LogP contribution in [0.3, 0.4) is 0 Å². The normalized spacial score (nSPS) is 15.0. The zero-order chi connectivity index (χ0) is 24.0. The average molecular weight is 453 g/mol. The lowest BCUT2D eigenvalue weighted by Crippen LogP contribution is -2.57. The van der Waals surface area contributed by atoms with Crippen LogP contribution in [0.15, 0.2) is 36.4 Å². The van der Waals surface area contributed by atoms with E-state index in [4.69, 9.17) is 4.98 Å². The van der Waals surface area contributed by atoms with Crippen molar-refractivity contribution in [1.82, 2.24) is 25.5 Å². The Bertz CT molecular complexity index is 939. The molecule has 8 heteroatoms. The van der Waals surface area contributed by atoms with E-state index in [-0.39, 0.29) is 23.8 Å². The van der Waals surface area contributed by atoms with Gasteiger partial charge in [-0.2, -0.15) is 0 Å². The zero-order valence-electron chi connectivity index (χ0n) is 20.3. The first-order chi connectivity index (χ1) is 15.7. The summed E-state index contributed by atoms with van der Waals surface area (Å²) in [7, 11) is 0. The molecule has 2 heterocycles. The molecule has 2 N–H and O–H groups in total. The number of benzene rings is 1. The van der Waals surface area contributed by atoms with E-state index in [0.717, 1.165) is 22.9 Å². The Labute approximate surface area is 196 Å². The molecule has 3 amide bonds. The van der Waals surface area contributed by atoms with Crippen molar-refractivity contribution in [2.75, 3.05) is 31.1 Å². The highest BCUT2D eigenvalue weighted by Crippen LogP contribution is 2.19. The third kappa shape index (κ3) is 6.66. The molecule has 33 heavy (non-hydrogen) atoms. The molecule has 1 aliphatic rings. The Morgan fingerprint density at radius 2 is 1.67 bits per heavy atom. The summed E-state index contributed by atoms with van der Waals surface area (Å²) in [6, 6.07) is 10.8. The SMILES string of the molecule is Cc1cc(N2CCN(C(=O)C(NC(=O)NCc3ccccc3)C(C)C)CC2)nc(C(C)C)n1. The highest BCUT2D eigenvalue weighted by Gasteiger charge is 2.31. The second kappa shape index (κ2) is 11.1. The van der Waals surface area contributed by atoms with Crippen LogP contribution in [0, 0.1) is 12.8 Å². The summed E-state index contributed by atoms with van der Waals surface area (Å²) in [5.41, 5.74) is 1.96. The molecule has 0 bridgehead atoms. The highest BCUT2D eigenvalue weighted by atomic mass is 16.2. The van der Waals surface area contributed by atoms with Crippen LogP contribution in [0.1, 0.15) is 50.7 Å². The van der Waals surface area contributed by atoms with Gasteiger partial charge in [-0.05, 0) is 18.4 Å². The third-order valence-corrected chi connectivity index (χ3v) is 5.80. The number of piperazine rings is 1. The Hall–Kier alpha value is -3.16. The van der Waals surface area contributed by atoms with Gasteiger partial charge in [0.05, 0.1) is 0 Å². The molecule has 0 saturated carbocycles. The molecule has 0 radical (unpaired) electrons. The molecule has 8 nitrogen and oxygen atoms in total. The standard InChI is InChI=1S/C25H36N6O2/c1-17(2)22(29-25(33)26-16-20-9-7-6-8-10-20)24(32)31-13-11-30(12-14-31)21-15-19(5)27-23(28-21)18(3)4/h6-10,15,17-18,22H,11-14,16H2,1-5H3,(H2,26,29,33). The van der Waals surface area contributed by atoms with Gasteiger partial charge in [-0.15, -0.1) is 0 Å². The third-order valence-electron chi connectivity index (χ3n) is 5.80. The van der Waals surface area contributed by atoms with Gasteiger partial charge in [0.15, 0.2) is 0 Å². The number of aromatic nitrogens is 2. The molecule has 0 aliphatic carbocycles. The number of nitrogens with zero attached hydrogens (tertiary/aromatic N) is 4. The largest absolute Gasteiger partial charge is 0.353 e. The van der Waals surface area contributed by atoms with E-state index in [9.17, 15) is 9.59 Å².